The predicted octanol–water partition coefficient (Wildman–Crippen LogP) is 3.12. The molecule has 25 heavy (non-hydrogen) atoms. The number of fused-ring (bicyclic) bond motifs is 1. The molecule has 0 unspecified atom stereocenters. The highest BCUT2D eigenvalue weighted by Crippen LogP contribution is 2.14. The second-order valence-electron chi connectivity index (χ2n) is 5.72. The van der Waals surface area contributed by atoms with Crippen LogP contribution >= 0.6 is 0 Å². The van der Waals surface area contributed by atoms with Crippen LogP contribution in [0.15, 0.2) is 65.5 Å². The van der Waals surface area contributed by atoms with Crippen molar-refractivity contribution in [1.82, 2.24) is 10.3 Å². The lowest BCUT2D eigenvalue weighted by molar-refractivity contribution is 0.0954. The lowest BCUT2D eigenvalue weighted by Crippen LogP contribution is -2.26. The summed E-state index contributed by atoms with van der Waals surface area (Å²) in [5.74, 6) is 0.618. The largest absolute Gasteiger partial charge is 0.494 e. The summed E-state index contributed by atoms with van der Waals surface area (Å²) >= 11 is 0. The summed E-state index contributed by atoms with van der Waals surface area (Å²) in [6.45, 7) is 1.14. The first-order valence-electron chi connectivity index (χ1n) is 8.32. The highest BCUT2D eigenvalue weighted by molar-refractivity contribution is 6.05. The van der Waals surface area contributed by atoms with E-state index in [-0.39, 0.29) is 11.5 Å². The lowest BCUT2D eigenvalue weighted by atomic mass is 10.1. The first-order valence-corrected chi connectivity index (χ1v) is 8.32. The number of hydrogen-bond donors (Lipinski definition) is 2. The Morgan fingerprint density at radius 2 is 1.76 bits per heavy atom. The van der Waals surface area contributed by atoms with Gasteiger partial charge in [-0.15, -0.1) is 0 Å². The Hall–Kier alpha value is -3.08. The molecule has 0 atom stereocenters. The van der Waals surface area contributed by atoms with Crippen LogP contribution in [0.3, 0.4) is 0 Å². The number of para-hydroxylation sites is 2. The molecule has 0 radical (unpaired) electrons. The number of rotatable bonds is 7. The van der Waals surface area contributed by atoms with E-state index in [4.69, 9.17) is 4.74 Å². The molecule has 0 aliphatic carbocycles. The van der Waals surface area contributed by atoms with Crippen LogP contribution in [-0.2, 0) is 0 Å². The number of carbonyl (C=O) groups is 1. The fraction of sp³-hybridized carbons (Fsp3) is 0.200. The van der Waals surface area contributed by atoms with Gasteiger partial charge in [0.05, 0.1) is 12.2 Å². The van der Waals surface area contributed by atoms with Gasteiger partial charge in [-0.2, -0.15) is 0 Å². The Morgan fingerprint density at radius 3 is 2.60 bits per heavy atom. The minimum absolute atomic E-state index is 0.230. The molecule has 0 fully saturated rings. The van der Waals surface area contributed by atoms with Crippen molar-refractivity contribution in [3.63, 3.8) is 0 Å². The number of aromatic nitrogens is 1. The third-order valence-corrected chi connectivity index (χ3v) is 3.86. The minimum Gasteiger partial charge on any atom is -0.494 e. The summed E-state index contributed by atoms with van der Waals surface area (Å²) in [5.41, 5.74) is 0.788. The van der Waals surface area contributed by atoms with E-state index in [9.17, 15) is 9.59 Å². The molecule has 5 heteroatoms. The van der Waals surface area contributed by atoms with Crippen LogP contribution < -0.4 is 15.6 Å². The highest BCUT2D eigenvalue weighted by Gasteiger charge is 2.10. The van der Waals surface area contributed by atoms with Crippen LogP contribution in [0, 0.1) is 0 Å². The number of pyridine rings is 1. The molecule has 0 saturated heterocycles. The summed E-state index contributed by atoms with van der Waals surface area (Å²) < 4.78 is 5.61. The van der Waals surface area contributed by atoms with E-state index in [1.165, 1.54) is 6.07 Å². The number of carbonyl (C=O) groups excluding carboxylic acids is 1. The number of nitrogens with one attached hydrogen (secondary N) is 2. The molecule has 5 nitrogen and oxygen atoms in total. The van der Waals surface area contributed by atoms with Gasteiger partial charge in [0.1, 0.15) is 5.75 Å². The van der Waals surface area contributed by atoms with Crippen molar-refractivity contribution in [1.29, 1.82) is 0 Å². The summed E-state index contributed by atoms with van der Waals surface area (Å²) in [6, 6.07) is 18.3. The van der Waals surface area contributed by atoms with Crippen LogP contribution in [-0.4, -0.2) is 24.0 Å². The minimum atomic E-state index is -0.278. The molecule has 2 N–H and O–H groups in total. The van der Waals surface area contributed by atoms with E-state index in [1.807, 2.05) is 48.5 Å². The molecule has 3 rings (SSSR count). The van der Waals surface area contributed by atoms with Gasteiger partial charge >= 0.3 is 0 Å². The van der Waals surface area contributed by atoms with Crippen molar-refractivity contribution in [2.75, 3.05) is 13.2 Å². The van der Waals surface area contributed by atoms with Crippen molar-refractivity contribution < 1.29 is 9.53 Å². The zero-order chi connectivity index (χ0) is 17.5. The number of aromatic amines is 1. The SMILES string of the molecule is O=C(NCCCCOc1ccccc1)c1cc(=O)[nH]c2ccccc12. The molecule has 0 saturated carbocycles. The molecule has 1 heterocycles. The zero-order valence-electron chi connectivity index (χ0n) is 13.8. The molecule has 0 bridgehead atoms. The normalized spacial score (nSPS) is 10.6. The van der Waals surface area contributed by atoms with Crippen molar-refractivity contribution in [2.24, 2.45) is 0 Å². The predicted molar refractivity (Wildman–Crippen MR) is 98.1 cm³/mol. The number of H-pyrrole nitrogens is 1. The van der Waals surface area contributed by atoms with Gasteiger partial charge in [0.2, 0.25) is 5.56 Å². The maximum atomic E-state index is 12.4. The lowest BCUT2D eigenvalue weighted by Gasteiger charge is -2.08. The van der Waals surface area contributed by atoms with Crippen LogP contribution in [0.4, 0.5) is 0 Å². The highest BCUT2D eigenvalue weighted by atomic mass is 16.5. The average Bonchev–Trinajstić information content (AvgIpc) is 2.64. The summed E-state index contributed by atoms with van der Waals surface area (Å²) in [7, 11) is 0. The van der Waals surface area contributed by atoms with Crippen molar-refractivity contribution >= 4 is 16.8 Å². The van der Waals surface area contributed by atoms with Gasteiger partial charge in [-0.3, -0.25) is 9.59 Å². The Labute approximate surface area is 145 Å². The molecule has 3 aromatic rings. The Morgan fingerprint density at radius 1 is 1.00 bits per heavy atom. The van der Waals surface area contributed by atoms with E-state index < -0.39 is 0 Å². The molecule has 2 aromatic carbocycles. The molecule has 128 valence electrons. The Kier molecular flexibility index (Phi) is 5.46. The van der Waals surface area contributed by atoms with Crippen LogP contribution in [0.1, 0.15) is 23.2 Å². The number of amides is 1. The van der Waals surface area contributed by atoms with Gasteiger partial charge in [-0.05, 0) is 31.0 Å². The third-order valence-electron chi connectivity index (χ3n) is 3.86. The summed E-state index contributed by atoms with van der Waals surface area (Å²) in [6.07, 6.45) is 1.64. The van der Waals surface area contributed by atoms with E-state index in [2.05, 4.69) is 10.3 Å². The van der Waals surface area contributed by atoms with Gasteiger partial charge in [0, 0.05) is 23.5 Å². The van der Waals surface area contributed by atoms with Gasteiger partial charge in [0.25, 0.3) is 5.91 Å². The van der Waals surface area contributed by atoms with E-state index in [0.29, 0.717) is 24.2 Å². The van der Waals surface area contributed by atoms with Crippen LogP contribution in [0.25, 0.3) is 10.9 Å². The van der Waals surface area contributed by atoms with Gasteiger partial charge in [0.15, 0.2) is 0 Å². The molecule has 1 aromatic heterocycles. The zero-order valence-corrected chi connectivity index (χ0v) is 13.8. The monoisotopic (exact) mass is 336 g/mol. The van der Waals surface area contributed by atoms with Crippen LogP contribution in [0.2, 0.25) is 0 Å². The van der Waals surface area contributed by atoms with Crippen molar-refractivity contribution in [3.8, 4) is 5.75 Å². The van der Waals surface area contributed by atoms with Gasteiger partial charge in [-0.25, -0.2) is 0 Å². The number of unbranched alkanes of at least 4 members (excludes halogenated alkanes) is 1. The molecule has 0 aliphatic rings. The molecular weight excluding hydrogens is 316 g/mol. The number of ether oxygens (including phenoxy) is 1. The first-order chi connectivity index (χ1) is 12.2. The Balaban J connectivity index is 1.49. The average molecular weight is 336 g/mol. The van der Waals surface area contributed by atoms with Crippen LogP contribution in [0.5, 0.6) is 5.75 Å². The summed E-state index contributed by atoms with van der Waals surface area (Å²) in [4.78, 5) is 26.8. The fourth-order valence-corrected chi connectivity index (χ4v) is 2.62. The molecule has 0 aliphatic heterocycles. The standard InChI is InChI=1S/C20H20N2O3/c23-19-14-17(16-10-4-5-11-18(16)22-19)20(24)21-12-6-7-13-25-15-8-2-1-3-9-15/h1-5,8-11,14H,6-7,12-13H2,(H,21,24)(H,22,23). The molecule has 0 spiro atoms. The first kappa shape index (κ1) is 16.8. The van der Waals surface area contributed by atoms with Gasteiger partial charge < -0.3 is 15.0 Å². The molecule has 1 amide bonds. The molecular formula is C20H20N2O3. The maximum absolute atomic E-state index is 12.4. The number of hydrogen-bond acceptors (Lipinski definition) is 3. The third kappa shape index (κ3) is 4.47. The fourth-order valence-electron chi connectivity index (χ4n) is 2.62. The second kappa shape index (κ2) is 8.15. The maximum Gasteiger partial charge on any atom is 0.252 e. The van der Waals surface area contributed by atoms with E-state index >= 15 is 0 Å². The van der Waals surface area contributed by atoms with E-state index in [0.717, 1.165) is 24.0 Å². The van der Waals surface area contributed by atoms with Crippen molar-refractivity contribution in [3.05, 3.63) is 76.6 Å². The van der Waals surface area contributed by atoms with E-state index in [1.54, 1.807) is 6.07 Å². The Bertz CT molecular complexity index is 903. The topological polar surface area (TPSA) is 71.2 Å². The quantitative estimate of drug-likeness (QED) is 0.651. The smallest absolute Gasteiger partial charge is 0.252 e. The number of benzene rings is 2. The summed E-state index contributed by atoms with van der Waals surface area (Å²) in [5, 5.41) is 3.61. The second-order valence-corrected chi connectivity index (χ2v) is 5.72. The van der Waals surface area contributed by atoms with Crippen molar-refractivity contribution in [2.45, 2.75) is 12.8 Å². The van der Waals surface area contributed by atoms with Gasteiger partial charge in [-0.1, -0.05) is 36.4 Å².